The van der Waals surface area contributed by atoms with Crippen LogP contribution in [-0.4, -0.2) is 37.0 Å². The van der Waals surface area contributed by atoms with Crippen molar-refractivity contribution in [2.24, 2.45) is 0 Å². The van der Waals surface area contributed by atoms with E-state index in [2.05, 4.69) is 4.98 Å². The predicted molar refractivity (Wildman–Crippen MR) is 96.3 cm³/mol. The van der Waals surface area contributed by atoms with Crippen molar-refractivity contribution < 1.29 is 13.2 Å². The zero-order valence-corrected chi connectivity index (χ0v) is 14.6. The van der Waals surface area contributed by atoms with Crippen LogP contribution in [0, 0.1) is 0 Å². The van der Waals surface area contributed by atoms with Crippen molar-refractivity contribution in [2.75, 3.05) is 12.8 Å². The van der Waals surface area contributed by atoms with E-state index in [9.17, 15) is 13.2 Å². The topological polar surface area (TPSA) is 70.2 Å². The number of carbonyl (C=O) groups is 1. The highest BCUT2D eigenvalue weighted by Crippen LogP contribution is 2.29. The number of aromatic amines is 1. The maximum atomic E-state index is 13.0. The second-order valence-electron chi connectivity index (χ2n) is 6.37. The van der Waals surface area contributed by atoms with Crippen LogP contribution < -0.4 is 0 Å². The molecule has 0 unspecified atom stereocenters. The molecule has 6 heteroatoms. The highest BCUT2D eigenvalue weighted by atomic mass is 32.2. The Hall–Kier alpha value is -2.60. The average Bonchev–Trinajstić information content (AvgIpc) is 2.98. The molecule has 0 atom stereocenters. The zero-order valence-electron chi connectivity index (χ0n) is 13.8. The minimum atomic E-state index is -3.46. The fourth-order valence-corrected chi connectivity index (χ4v) is 4.36. The van der Waals surface area contributed by atoms with Crippen LogP contribution in [0.1, 0.15) is 21.6 Å². The number of nitrogens with one attached hydrogen (secondary N) is 1. The number of amides is 1. The summed E-state index contributed by atoms with van der Waals surface area (Å²) in [5.74, 6) is -0.239. The quantitative estimate of drug-likeness (QED) is 0.769. The fraction of sp³-hybridized carbons (Fsp3) is 0.211. The van der Waals surface area contributed by atoms with Crippen molar-refractivity contribution in [3.63, 3.8) is 0 Å². The minimum absolute atomic E-state index is 0.0877. The van der Waals surface area contributed by atoms with Crippen LogP contribution in [0.5, 0.6) is 0 Å². The Labute approximate surface area is 146 Å². The summed E-state index contributed by atoms with van der Waals surface area (Å²) in [4.78, 5) is 18.2. The molecular formula is C19H18N2O3S. The number of rotatable bonds is 2. The Morgan fingerprint density at radius 2 is 1.80 bits per heavy atom. The molecule has 25 heavy (non-hydrogen) atoms. The van der Waals surface area contributed by atoms with Gasteiger partial charge in [-0.3, -0.25) is 4.79 Å². The second kappa shape index (κ2) is 5.74. The molecule has 1 aliphatic rings. The molecule has 0 bridgehead atoms. The van der Waals surface area contributed by atoms with Gasteiger partial charge in [-0.1, -0.05) is 30.3 Å². The first-order valence-corrected chi connectivity index (χ1v) is 10.0. The van der Waals surface area contributed by atoms with Crippen molar-refractivity contribution in [3.8, 4) is 0 Å². The van der Waals surface area contributed by atoms with Gasteiger partial charge in [0.25, 0.3) is 5.91 Å². The van der Waals surface area contributed by atoms with E-state index in [0.717, 1.165) is 34.8 Å². The summed E-state index contributed by atoms with van der Waals surface area (Å²) < 4.78 is 24.0. The summed E-state index contributed by atoms with van der Waals surface area (Å²) in [5.41, 5.74) is 3.58. The third-order valence-corrected chi connectivity index (χ3v) is 5.84. The van der Waals surface area contributed by atoms with E-state index < -0.39 is 9.84 Å². The maximum Gasteiger partial charge on any atom is 0.255 e. The van der Waals surface area contributed by atoms with E-state index in [1.807, 2.05) is 24.3 Å². The molecule has 128 valence electrons. The number of hydrogen-bond donors (Lipinski definition) is 1. The second-order valence-corrected chi connectivity index (χ2v) is 8.36. The number of para-hydroxylation sites is 1. The molecule has 0 radical (unpaired) electrons. The largest absolute Gasteiger partial charge is 0.358 e. The molecule has 5 nitrogen and oxygen atoms in total. The zero-order chi connectivity index (χ0) is 17.6. The number of nitrogens with zero attached hydrogens (tertiary/aromatic N) is 1. The van der Waals surface area contributed by atoms with E-state index in [0.29, 0.717) is 13.1 Å². The summed E-state index contributed by atoms with van der Waals surface area (Å²) in [5, 5.41) is 1.12. The van der Waals surface area contributed by atoms with Crippen LogP contribution in [0.2, 0.25) is 0 Å². The average molecular weight is 354 g/mol. The monoisotopic (exact) mass is 354 g/mol. The van der Waals surface area contributed by atoms with Gasteiger partial charge in [-0.15, -0.1) is 0 Å². The standard InChI is InChI=1S/C19H18N2O3S/c1-25(23,24)18-9-5-3-7-14(18)19(22)21-11-10-17-15(12-21)13-6-2-4-8-16(13)20-17/h2-9,20H,10-12H2,1H3. The molecule has 4 rings (SSSR count). The highest BCUT2D eigenvalue weighted by Gasteiger charge is 2.27. The molecule has 0 saturated heterocycles. The Morgan fingerprint density at radius 1 is 1.08 bits per heavy atom. The summed E-state index contributed by atoms with van der Waals surface area (Å²) in [6.07, 6.45) is 1.86. The number of aromatic nitrogens is 1. The Balaban J connectivity index is 1.72. The van der Waals surface area contributed by atoms with Gasteiger partial charge in [0.15, 0.2) is 9.84 Å². The van der Waals surface area contributed by atoms with Gasteiger partial charge < -0.3 is 9.88 Å². The van der Waals surface area contributed by atoms with Crippen LogP contribution >= 0.6 is 0 Å². The molecule has 0 fully saturated rings. The first-order chi connectivity index (χ1) is 11.9. The molecule has 0 spiro atoms. The number of fused-ring (bicyclic) bond motifs is 3. The molecule has 1 N–H and O–H groups in total. The van der Waals surface area contributed by atoms with Gasteiger partial charge in [-0.2, -0.15) is 0 Å². The van der Waals surface area contributed by atoms with Crippen LogP contribution in [0.4, 0.5) is 0 Å². The van der Waals surface area contributed by atoms with E-state index >= 15 is 0 Å². The maximum absolute atomic E-state index is 13.0. The van der Waals surface area contributed by atoms with E-state index in [-0.39, 0.29) is 16.4 Å². The molecule has 1 amide bonds. The molecule has 0 aliphatic carbocycles. The third kappa shape index (κ3) is 2.72. The van der Waals surface area contributed by atoms with Crippen molar-refractivity contribution >= 4 is 26.6 Å². The molecule has 3 aromatic rings. The highest BCUT2D eigenvalue weighted by molar-refractivity contribution is 7.90. The van der Waals surface area contributed by atoms with Crippen molar-refractivity contribution in [2.45, 2.75) is 17.9 Å². The van der Waals surface area contributed by atoms with Gasteiger partial charge in [0.2, 0.25) is 0 Å². The normalized spacial score (nSPS) is 14.5. The Kier molecular flexibility index (Phi) is 3.65. The van der Waals surface area contributed by atoms with Gasteiger partial charge in [0.05, 0.1) is 10.5 Å². The molecule has 1 aliphatic heterocycles. The lowest BCUT2D eigenvalue weighted by atomic mass is 10.0. The minimum Gasteiger partial charge on any atom is -0.358 e. The summed E-state index contributed by atoms with van der Waals surface area (Å²) in [6.45, 7) is 1.05. The van der Waals surface area contributed by atoms with Gasteiger partial charge >= 0.3 is 0 Å². The number of carbonyl (C=O) groups excluding carboxylic acids is 1. The number of sulfone groups is 1. The summed E-state index contributed by atoms with van der Waals surface area (Å²) in [6, 6.07) is 14.4. The van der Waals surface area contributed by atoms with Crippen LogP contribution in [0.15, 0.2) is 53.4 Å². The molecule has 1 aromatic heterocycles. The molecular weight excluding hydrogens is 336 g/mol. The van der Waals surface area contributed by atoms with Gasteiger partial charge in [0, 0.05) is 47.9 Å². The first kappa shape index (κ1) is 15.9. The van der Waals surface area contributed by atoms with Gasteiger partial charge in [0.1, 0.15) is 0 Å². The van der Waals surface area contributed by atoms with Crippen LogP contribution in [-0.2, 0) is 22.8 Å². The first-order valence-electron chi connectivity index (χ1n) is 8.12. The predicted octanol–water partition coefficient (Wildman–Crippen LogP) is 2.77. The lowest BCUT2D eigenvalue weighted by Crippen LogP contribution is -2.36. The lowest BCUT2D eigenvalue weighted by Gasteiger charge is -2.28. The fourth-order valence-electron chi connectivity index (χ4n) is 3.48. The molecule has 2 aromatic carbocycles. The number of H-pyrrole nitrogens is 1. The van der Waals surface area contributed by atoms with Gasteiger partial charge in [-0.25, -0.2) is 8.42 Å². The third-order valence-electron chi connectivity index (χ3n) is 4.69. The lowest BCUT2D eigenvalue weighted by molar-refractivity contribution is 0.0731. The smallest absolute Gasteiger partial charge is 0.255 e. The van der Waals surface area contributed by atoms with E-state index in [1.54, 1.807) is 23.1 Å². The number of benzene rings is 2. The van der Waals surface area contributed by atoms with Crippen molar-refractivity contribution in [1.29, 1.82) is 0 Å². The summed E-state index contributed by atoms with van der Waals surface area (Å²) >= 11 is 0. The van der Waals surface area contributed by atoms with Gasteiger partial charge in [-0.05, 0) is 18.2 Å². The Morgan fingerprint density at radius 3 is 2.60 bits per heavy atom. The summed E-state index contributed by atoms with van der Waals surface area (Å²) in [7, 11) is -3.46. The SMILES string of the molecule is CS(=O)(=O)c1ccccc1C(=O)N1CCc2[nH]c3ccccc3c2C1. The van der Waals surface area contributed by atoms with E-state index in [1.165, 1.54) is 6.07 Å². The Bertz CT molecular complexity index is 1080. The van der Waals surface area contributed by atoms with Crippen LogP contribution in [0.25, 0.3) is 10.9 Å². The molecule has 2 heterocycles. The van der Waals surface area contributed by atoms with Crippen LogP contribution in [0.3, 0.4) is 0 Å². The van der Waals surface area contributed by atoms with E-state index in [4.69, 9.17) is 0 Å². The molecule has 0 saturated carbocycles. The number of hydrogen-bond acceptors (Lipinski definition) is 3. The van der Waals surface area contributed by atoms with Crippen molar-refractivity contribution in [1.82, 2.24) is 9.88 Å². The van der Waals surface area contributed by atoms with Crippen molar-refractivity contribution in [3.05, 3.63) is 65.4 Å².